The Morgan fingerprint density at radius 1 is 0.977 bits per heavy atom. The van der Waals surface area contributed by atoms with Gasteiger partial charge in [0.25, 0.3) is 0 Å². The van der Waals surface area contributed by atoms with Crippen molar-refractivity contribution in [2.75, 3.05) is 11.4 Å². The maximum atomic E-state index is 14.6. The van der Waals surface area contributed by atoms with Crippen molar-refractivity contribution in [3.05, 3.63) is 59.7 Å². The van der Waals surface area contributed by atoms with Crippen LogP contribution in [0.2, 0.25) is 0 Å². The van der Waals surface area contributed by atoms with Crippen LogP contribution in [0.15, 0.2) is 47.1 Å². The summed E-state index contributed by atoms with van der Waals surface area (Å²) in [6, 6.07) is 10.3. The summed E-state index contributed by atoms with van der Waals surface area (Å²) in [6.07, 6.45) is 2.35. The maximum absolute atomic E-state index is 14.6. The molecule has 6 nitrogen and oxygen atoms in total. The molecule has 9 rings (SSSR count). The van der Waals surface area contributed by atoms with Gasteiger partial charge in [-0.25, -0.2) is 4.39 Å². The first-order valence-corrected chi connectivity index (χ1v) is 15.1. The second kappa shape index (κ2) is 9.11. The molecule has 0 aliphatic heterocycles. The lowest BCUT2D eigenvalue weighted by molar-refractivity contribution is -0.211. The fraction of sp³-hybridized carbons (Fsp3) is 0.576. The number of pyridine rings is 1. The molecule has 1 aromatic carbocycles. The summed E-state index contributed by atoms with van der Waals surface area (Å²) in [4.78, 5) is 24.9. The van der Waals surface area contributed by atoms with Crippen molar-refractivity contribution in [2.45, 2.75) is 101 Å². The number of fused-ring (bicyclic) bond motifs is 3. The van der Waals surface area contributed by atoms with Gasteiger partial charge in [-0.05, 0) is 87.5 Å². The van der Waals surface area contributed by atoms with Crippen molar-refractivity contribution < 1.29 is 26.9 Å². The van der Waals surface area contributed by atoms with Crippen molar-refractivity contribution >= 4 is 11.6 Å². The standard InChI is InChI=1S/C33H36F4N4O2/c1-28(2,3)26-39-25(40-43-26)21-5-4-6-23(15-21)41(27(42)31-17-32(34,18-31)19-31)20-29-9-12-30(13-10-29,14-11-29)24-8-7-22(16-38-24)33(35,36)37/h4-8,15-16H,9-14,17-20H2,1-3H3. The molecule has 6 aliphatic carbocycles. The molecule has 6 aliphatic rings. The second-order valence-electron chi connectivity index (χ2n) is 14.8. The van der Waals surface area contributed by atoms with Gasteiger partial charge in [-0.1, -0.05) is 38.1 Å². The van der Waals surface area contributed by atoms with Crippen LogP contribution >= 0.6 is 0 Å². The summed E-state index contributed by atoms with van der Waals surface area (Å²) in [5, 5.41) is 4.19. The highest BCUT2D eigenvalue weighted by molar-refractivity contribution is 6.00. The normalized spacial score (nSPS) is 31.3. The van der Waals surface area contributed by atoms with Crippen LogP contribution in [0.4, 0.5) is 23.2 Å². The average Bonchev–Trinajstić information content (AvgIpc) is 3.46. The van der Waals surface area contributed by atoms with Gasteiger partial charge in [-0.3, -0.25) is 9.78 Å². The molecule has 0 radical (unpaired) electrons. The molecule has 2 heterocycles. The molecule has 0 N–H and O–H groups in total. The molecule has 0 saturated heterocycles. The molecule has 6 fully saturated rings. The van der Waals surface area contributed by atoms with Crippen LogP contribution in [-0.4, -0.2) is 33.2 Å². The fourth-order valence-corrected chi connectivity index (χ4v) is 8.01. The lowest BCUT2D eigenvalue weighted by atomic mass is 9.41. The van der Waals surface area contributed by atoms with Gasteiger partial charge in [0.15, 0.2) is 0 Å². The minimum Gasteiger partial charge on any atom is -0.338 e. The highest BCUT2D eigenvalue weighted by Crippen LogP contribution is 2.70. The van der Waals surface area contributed by atoms with Crippen LogP contribution in [0.25, 0.3) is 11.4 Å². The number of hydrogen-bond acceptors (Lipinski definition) is 5. The first-order valence-electron chi connectivity index (χ1n) is 15.1. The van der Waals surface area contributed by atoms with Gasteiger partial charge in [-0.15, -0.1) is 0 Å². The number of rotatable bonds is 6. The van der Waals surface area contributed by atoms with E-state index in [4.69, 9.17) is 4.52 Å². The minimum atomic E-state index is -4.41. The van der Waals surface area contributed by atoms with E-state index in [9.17, 15) is 22.4 Å². The summed E-state index contributed by atoms with van der Waals surface area (Å²) in [5.74, 6) is 0.959. The molecule has 0 spiro atoms. The Balaban J connectivity index is 1.15. The molecular weight excluding hydrogens is 560 g/mol. The molecular formula is C33H36F4N4O2. The lowest BCUT2D eigenvalue weighted by Crippen LogP contribution is -2.71. The number of carbonyl (C=O) groups excluding carboxylic acids is 1. The second-order valence-corrected chi connectivity index (χ2v) is 14.8. The number of aromatic nitrogens is 3. The van der Waals surface area contributed by atoms with E-state index in [2.05, 4.69) is 15.1 Å². The first-order chi connectivity index (χ1) is 20.1. The third-order valence-corrected chi connectivity index (χ3v) is 10.7. The number of benzene rings is 1. The molecule has 3 aromatic rings. The Morgan fingerprint density at radius 3 is 2.19 bits per heavy atom. The molecule has 0 atom stereocenters. The van der Waals surface area contributed by atoms with Crippen LogP contribution in [0, 0.1) is 10.8 Å². The predicted molar refractivity (Wildman–Crippen MR) is 152 cm³/mol. The van der Waals surface area contributed by atoms with Gasteiger partial charge in [0.05, 0.1) is 11.0 Å². The zero-order chi connectivity index (χ0) is 30.5. The molecule has 43 heavy (non-hydrogen) atoms. The van der Waals surface area contributed by atoms with E-state index >= 15 is 0 Å². The molecule has 6 saturated carbocycles. The maximum Gasteiger partial charge on any atom is 0.417 e. The fourth-order valence-electron chi connectivity index (χ4n) is 8.01. The molecule has 0 unspecified atom stereocenters. The number of hydrogen-bond donors (Lipinski definition) is 0. The Bertz CT molecular complexity index is 1530. The van der Waals surface area contributed by atoms with E-state index in [0.29, 0.717) is 18.3 Å². The monoisotopic (exact) mass is 596 g/mol. The third-order valence-electron chi connectivity index (χ3n) is 10.7. The number of carbonyl (C=O) groups is 1. The topological polar surface area (TPSA) is 72.1 Å². The Labute approximate surface area is 248 Å². The minimum absolute atomic E-state index is 0.0196. The smallest absolute Gasteiger partial charge is 0.338 e. The SMILES string of the molecule is CC(C)(C)c1nc(-c2cccc(N(CC34CCC(c5ccc(C(F)(F)F)cn5)(CC3)CC4)C(=O)C34CC(F)(C3)C4)c2)no1. The van der Waals surface area contributed by atoms with Crippen LogP contribution in [0.3, 0.4) is 0 Å². The van der Waals surface area contributed by atoms with Gasteiger partial charge in [0, 0.05) is 40.5 Å². The molecule has 2 aromatic heterocycles. The van der Waals surface area contributed by atoms with Crippen molar-refractivity contribution in [2.24, 2.45) is 10.8 Å². The largest absolute Gasteiger partial charge is 0.417 e. The number of anilines is 1. The Kier molecular flexibility index (Phi) is 6.03. The number of nitrogens with zero attached hydrogens (tertiary/aromatic N) is 4. The molecule has 4 bridgehead atoms. The van der Waals surface area contributed by atoms with Crippen molar-refractivity contribution in [1.82, 2.24) is 15.1 Å². The van der Waals surface area contributed by atoms with Crippen molar-refractivity contribution in [3.63, 3.8) is 0 Å². The van der Waals surface area contributed by atoms with Gasteiger partial charge in [0.2, 0.25) is 17.6 Å². The lowest BCUT2D eigenvalue weighted by Gasteiger charge is -2.65. The summed E-state index contributed by atoms with van der Waals surface area (Å²) in [6.45, 7) is 6.52. The van der Waals surface area contributed by atoms with Crippen LogP contribution in [0.1, 0.15) is 95.7 Å². The predicted octanol–water partition coefficient (Wildman–Crippen LogP) is 7.97. The van der Waals surface area contributed by atoms with Crippen LogP contribution in [-0.2, 0) is 21.8 Å². The molecule has 10 heteroatoms. The van der Waals surface area contributed by atoms with E-state index in [1.165, 1.54) is 0 Å². The van der Waals surface area contributed by atoms with E-state index in [1.807, 2.05) is 49.9 Å². The number of amides is 1. The quantitative estimate of drug-likeness (QED) is 0.270. The van der Waals surface area contributed by atoms with E-state index in [0.717, 1.165) is 67.7 Å². The summed E-state index contributed by atoms with van der Waals surface area (Å²) >= 11 is 0. The zero-order valence-corrected chi connectivity index (χ0v) is 24.7. The summed E-state index contributed by atoms with van der Waals surface area (Å²) in [7, 11) is 0. The average molecular weight is 597 g/mol. The van der Waals surface area contributed by atoms with Crippen molar-refractivity contribution in [1.29, 1.82) is 0 Å². The first kappa shape index (κ1) is 28.5. The Hall–Kier alpha value is -3.30. The molecule has 1 amide bonds. The van der Waals surface area contributed by atoms with Gasteiger partial charge < -0.3 is 9.42 Å². The van der Waals surface area contributed by atoms with E-state index in [-0.39, 0.29) is 41.4 Å². The highest BCUT2D eigenvalue weighted by Gasteiger charge is 2.73. The van der Waals surface area contributed by atoms with E-state index < -0.39 is 22.8 Å². The zero-order valence-electron chi connectivity index (χ0n) is 24.7. The van der Waals surface area contributed by atoms with Gasteiger partial charge >= 0.3 is 6.18 Å². The van der Waals surface area contributed by atoms with Gasteiger partial charge in [0.1, 0.15) is 5.67 Å². The third kappa shape index (κ3) is 4.67. The Morgan fingerprint density at radius 2 is 1.65 bits per heavy atom. The summed E-state index contributed by atoms with van der Waals surface area (Å²) < 4.78 is 59.5. The van der Waals surface area contributed by atoms with E-state index in [1.54, 1.807) is 6.07 Å². The molecule has 228 valence electrons. The van der Waals surface area contributed by atoms with Crippen LogP contribution in [0.5, 0.6) is 0 Å². The number of alkyl halides is 4. The summed E-state index contributed by atoms with van der Waals surface area (Å²) in [5.41, 5.74) is -1.02. The van der Waals surface area contributed by atoms with Crippen molar-refractivity contribution in [3.8, 4) is 11.4 Å². The highest BCUT2D eigenvalue weighted by atomic mass is 19.4. The van der Waals surface area contributed by atoms with Crippen LogP contribution < -0.4 is 4.90 Å². The number of halogens is 4. The van der Waals surface area contributed by atoms with Gasteiger partial charge in [-0.2, -0.15) is 18.2 Å².